The fraction of sp³-hybridized carbons (Fsp3) is 0.611. The summed E-state index contributed by atoms with van der Waals surface area (Å²) in [4.78, 5) is 12.2. The summed E-state index contributed by atoms with van der Waals surface area (Å²) in [5.74, 6) is -0.383. The molecule has 0 saturated heterocycles. The average Bonchev–Trinajstić information content (AvgIpc) is 3.14. The van der Waals surface area contributed by atoms with Crippen LogP contribution in [-0.4, -0.2) is 43.7 Å². The van der Waals surface area contributed by atoms with Crippen LogP contribution in [0.4, 0.5) is 4.79 Å². The van der Waals surface area contributed by atoms with Crippen LogP contribution >= 0.6 is 0 Å². The van der Waals surface area contributed by atoms with Gasteiger partial charge >= 0.3 is 6.09 Å². The zero-order valence-corrected chi connectivity index (χ0v) is 16.3. The van der Waals surface area contributed by atoms with Crippen LogP contribution < -0.4 is 11.1 Å². The van der Waals surface area contributed by atoms with Crippen LogP contribution in [0.5, 0.6) is 0 Å². The van der Waals surface area contributed by atoms with Crippen molar-refractivity contribution >= 4 is 15.9 Å². The van der Waals surface area contributed by atoms with Crippen molar-refractivity contribution in [1.29, 1.82) is 0 Å². The highest BCUT2D eigenvalue weighted by atomic mass is 32.2. The normalized spacial score (nSPS) is 26.2. The second-order valence-corrected chi connectivity index (χ2v) is 9.86. The number of sulfone groups is 1. The van der Waals surface area contributed by atoms with Gasteiger partial charge in [0.15, 0.2) is 9.84 Å². The molecule has 0 spiro atoms. The number of hydrogen-bond acceptors (Lipinski definition) is 5. The molecule has 0 radical (unpaired) electrons. The Kier molecular flexibility index (Phi) is 5.21. The highest BCUT2D eigenvalue weighted by molar-refractivity contribution is 7.91. The van der Waals surface area contributed by atoms with E-state index in [1.165, 1.54) is 11.8 Å². The lowest BCUT2D eigenvalue weighted by Crippen LogP contribution is -2.48. The van der Waals surface area contributed by atoms with E-state index in [2.05, 4.69) is 12.2 Å². The summed E-state index contributed by atoms with van der Waals surface area (Å²) < 4.78 is 29.9. The number of carbonyl (C=O) groups is 1. The maximum absolute atomic E-state index is 12.3. The number of rotatable bonds is 5. The molecule has 0 aromatic heterocycles. The zero-order chi connectivity index (χ0) is 19.0. The van der Waals surface area contributed by atoms with E-state index < -0.39 is 32.3 Å². The summed E-state index contributed by atoms with van der Waals surface area (Å²) >= 11 is 0. The summed E-state index contributed by atoms with van der Waals surface area (Å²) in [6, 6.07) is 7.77. The van der Waals surface area contributed by atoms with Gasteiger partial charge in [-0.1, -0.05) is 31.2 Å². The molecule has 1 aromatic carbocycles. The Morgan fingerprint density at radius 3 is 2.24 bits per heavy atom. The van der Waals surface area contributed by atoms with Crippen LogP contribution in [0.25, 0.3) is 0 Å². The molecule has 1 aliphatic carbocycles. The van der Waals surface area contributed by atoms with E-state index in [0.717, 1.165) is 12.0 Å². The third-order valence-corrected chi connectivity index (χ3v) is 6.15. The number of amides is 1. The SMILES string of the molecule is CCc1ccc([C@@H]2[C@@H](S(C)(=O)=O)[C@]2(CN)NC(=O)OC(C)(C)C)cc1. The number of nitrogens with one attached hydrogen (secondary N) is 1. The third kappa shape index (κ3) is 4.15. The molecule has 7 heteroatoms. The summed E-state index contributed by atoms with van der Waals surface area (Å²) in [7, 11) is -3.40. The first-order valence-corrected chi connectivity index (χ1v) is 10.4. The third-order valence-electron chi connectivity index (χ3n) is 4.54. The molecule has 1 aromatic rings. The van der Waals surface area contributed by atoms with Crippen LogP contribution in [0.1, 0.15) is 44.7 Å². The molecule has 0 aliphatic heterocycles. The van der Waals surface area contributed by atoms with Crippen molar-refractivity contribution in [3.8, 4) is 0 Å². The lowest BCUT2D eigenvalue weighted by Gasteiger charge is -2.24. The minimum absolute atomic E-state index is 0.0180. The molecule has 3 N–H and O–H groups in total. The molecule has 1 saturated carbocycles. The quantitative estimate of drug-likeness (QED) is 0.828. The molecular formula is C18H28N2O4S. The van der Waals surface area contributed by atoms with Gasteiger partial charge in [0.05, 0.1) is 10.8 Å². The van der Waals surface area contributed by atoms with Crippen LogP contribution in [0.2, 0.25) is 0 Å². The maximum Gasteiger partial charge on any atom is 0.408 e. The highest BCUT2D eigenvalue weighted by Crippen LogP contribution is 2.55. The molecule has 140 valence electrons. The Balaban J connectivity index is 2.34. The monoisotopic (exact) mass is 368 g/mol. The van der Waals surface area contributed by atoms with E-state index in [4.69, 9.17) is 10.5 Å². The number of alkyl carbamates (subject to hydrolysis) is 1. The molecule has 6 nitrogen and oxygen atoms in total. The molecular weight excluding hydrogens is 340 g/mol. The predicted molar refractivity (Wildman–Crippen MR) is 98.3 cm³/mol. The van der Waals surface area contributed by atoms with Gasteiger partial charge in [0.1, 0.15) is 5.60 Å². The minimum Gasteiger partial charge on any atom is -0.444 e. The van der Waals surface area contributed by atoms with Crippen molar-refractivity contribution in [3.05, 3.63) is 35.4 Å². The lowest BCUT2D eigenvalue weighted by atomic mass is 10.0. The number of hydrogen-bond donors (Lipinski definition) is 2. The first-order valence-electron chi connectivity index (χ1n) is 8.43. The standard InChI is InChI=1S/C18H28N2O4S/c1-6-12-7-9-13(10-8-12)14-15(25(5,22)23)18(14,11-19)20-16(21)24-17(2,3)4/h7-10,14-15H,6,11,19H2,1-5H3,(H,20,21)/t14-,15-,18-/m1/s1. The highest BCUT2D eigenvalue weighted by Gasteiger charge is 2.70. The minimum atomic E-state index is -3.40. The molecule has 0 unspecified atom stereocenters. The van der Waals surface area contributed by atoms with Gasteiger partial charge in [0, 0.05) is 18.7 Å². The number of benzene rings is 1. The van der Waals surface area contributed by atoms with Crippen molar-refractivity contribution in [3.63, 3.8) is 0 Å². The molecule has 0 bridgehead atoms. The van der Waals surface area contributed by atoms with Crippen LogP contribution in [0, 0.1) is 0 Å². The molecule has 0 heterocycles. The molecule has 1 fully saturated rings. The number of ether oxygens (including phenoxy) is 1. The van der Waals surface area contributed by atoms with Crippen molar-refractivity contribution in [2.75, 3.05) is 12.8 Å². The van der Waals surface area contributed by atoms with Gasteiger partial charge in [-0.15, -0.1) is 0 Å². The largest absolute Gasteiger partial charge is 0.444 e. The fourth-order valence-corrected chi connectivity index (χ4v) is 5.29. The molecule has 2 rings (SSSR count). The summed E-state index contributed by atoms with van der Waals surface area (Å²) in [5.41, 5.74) is 6.23. The first-order chi connectivity index (χ1) is 11.4. The Bertz CT molecular complexity index is 737. The molecule has 3 atom stereocenters. The second kappa shape index (κ2) is 6.61. The van der Waals surface area contributed by atoms with Crippen LogP contribution in [0.3, 0.4) is 0 Å². The number of nitrogens with two attached hydrogens (primary N) is 1. The van der Waals surface area contributed by atoms with E-state index in [-0.39, 0.29) is 12.5 Å². The van der Waals surface area contributed by atoms with Crippen LogP contribution in [-0.2, 0) is 21.0 Å². The van der Waals surface area contributed by atoms with Crippen molar-refractivity contribution < 1.29 is 17.9 Å². The van der Waals surface area contributed by atoms with Crippen molar-refractivity contribution in [2.45, 2.75) is 56.4 Å². The Morgan fingerprint density at radius 1 is 1.28 bits per heavy atom. The number of carbonyl (C=O) groups excluding carboxylic acids is 1. The topological polar surface area (TPSA) is 98.5 Å². The molecule has 1 aliphatic rings. The summed E-state index contributed by atoms with van der Waals surface area (Å²) in [6.45, 7) is 7.33. The zero-order valence-electron chi connectivity index (χ0n) is 15.5. The van der Waals surface area contributed by atoms with Gasteiger partial charge in [-0.3, -0.25) is 0 Å². The fourth-order valence-electron chi connectivity index (χ4n) is 3.40. The van der Waals surface area contributed by atoms with E-state index in [1.807, 2.05) is 24.3 Å². The van der Waals surface area contributed by atoms with Crippen LogP contribution in [0.15, 0.2) is 24.3 Å². The Hall–Kier alpha value is -1.60. The van der Waals surface area contributed by atoms with Gasteiger partial charge in [0.25, 0.3) is 0 Å². The van der Waals surface area contributed by atoms with E-state index in [1.54, 1.807) is 20.8 Å². The lowest BCUT2D eigenvalue weighted by molar-refractivity contribution is 0.0497. The summed E-state index contributed by atoms with van der Waals surface area (Å²) in [5, 5.41) is 1.98. The maximum atomic E-state index is 12.3. The smallest absolute Gasteiger partial charge is 0.408 e. The van der Waals surface area contributed by atoms with Gasteiger partial charge < -0.3 is 15.8 Å². The predicted octanol–water partition coefficient (Wildman–Crippen LogP) is 1.98. The Labute approximate surface area is 150 Å². The van der Waals surface area contributed by atoms with Gasteiger partial charge in [-0.25, -0.2) is 13.2 Å². The van der Waals surface area contributed by atoms with E-state index in [9.17, 15) is 13.2 Å². The van der Waals surface area contributed by atoms with E-state index >= 15 is 0 Å². The molecule has 1 amide bonds. The van der Waals surface area contributed by atoms with Crippen molar-refractivity contribution in [2.24, 2.45) is 5.73 Å². The first kappa shape index (κ1) is 19.7. The van der Waals surface area contributed by atoms with E-state index in [0.29, 0.717) is 0 Å². The molecule has 25 heavy (non-hydrogen) atoms. The Morgan fingerprint density at radius 2 is 1.84 bits per heavy atom. The van der Waals surface area contributed by atoms with Gasteiger partial charge in [-0.2, -0.15) is 0 Å². The number of aryl methyl sites for hydroxylation is 1. The average molecular weight is 368 g/mol. The van der Waals surface area contributed by atoms with Crippen molar-refractivity contribution in [1.82, 2.24) is 5.32 Å². The second-order valence-electron chi connectivity index (χ2n) is 7.69. The van der Waals surface area contributed by atoms with Gasteiger partial charge in [0.2, 0.25) is 0 Å². The summed E-state index contributed by atoms with van der Waals surface area (Å²) in [6.07, 6.45) is 1.43. The van der Waals surface area contributed by atoms with Gasteiger partial charge in [-0.05, 0) is 38.3 Å².